The van der Waals surface area contributed by atoms with Crippen LogP contribution in [0, 0.1) is 19.8 Å². The molecular weight excluding hydrogens is 422 g/mol. The summed E-state index contributed by atoms with van der Waals surface area (Å²) in [6.07, 6.45) is 0. The molecule has 1 amide bonds. The van der Waals surface area contributed by atoms with Crippen molar-refractivity contribution in [2.75, 3.05) is 42.8 Å². The second kappa shape index (κ2) is 10.5. The number of benzene rings is 1. The molecule has 0 radical (unpaired) electrons. The summed E-state index contributed by atoms with van der Waals surface area (Å²) in [7, 11) is 1.49. The van der Waals surface area contributed by atoms with Crippen LogP contribution in [0.3, 0.4) is 0 Å². The van der Waals surface area contributed by atoms with E-state index in [-0.39, 0.29) is 37.1 Å². The van der Waals surface area contributed by atoms with Crippen LogP contribution in [0.15, 0.2) is 21.7 Å². The molecule has 2 aromatic rings. The van der Waals surface area contributed by atoms with E-state index in [4.69, 9.17) is 22.1 Å². The first-order chi connectivity index (χ1) is 14.6. The molecule has 0 atom stereocenters. The fourth-order valence-corrected chi connectivity index (χ4v) is 3.72. The smallest absolute Gasteiger partial charge is 0.330 e. The van der Waals surface area contributed by atoms with Gasteiger partial charge >= 0.3 is 5.69 Å². The van der Waals surface area contributed by atoms with E-state index in [0.29, 0.717) is 17.3 Å². The van der Waals surface area contributed by atoms with E-state index in [2.05, 4.69) is 10.3 Å². The van der Waals surface area contributed by atoms with Crippen molar-refractivity contribution in [3.05, 3.63) is 49.1 Å². The highest BCUT2D eigenvalue weighted by Gasteiger charge is 2.24. The van der Waals surface area contributed by atoms with Crippen molar-refractivity contribution in [1.82, 2.24) is 9.55 Å². The Balaban J connectivity index is 2.41. The summed E-state index contributed by atoms with van der Waals surface area (Å²) >= 11 is 6.32. The van der Waals surface area contributed by atoms with Gasteiger partial charge in [-0.25, -0.2) is 4.79 Å². The van der Waals surface area contributed by atoms with Gasteiger partial charge in [0.15, 0.2) is 5.69 Å². The van der Waals surface area contributed by atoms with Crippen LogP contribution in [0.4, 0.5) is 17.2 Å². The number of carbonyl (C=O) groups is 1. The predicted molar refractivity (Wildman–Crippen MR) is 124 cm³/mol. The second-order valence-corrected chi connectivity index (χ2v) is 8.24. The molecule has 2 rings (SSSR count). The van der Waals surface area contributed by atoms with Crippen LogP contribution in [0.25, 0.3) is 0 Å². The molecule has 9 nitrogen and oxygen atoms in total. The molecule has 0 aliphatic carbocycles. The van der Waals surface area contributed by atoms with E-state index in [1.54, 1.807) is 6.07 Å². The zero-order chi connectivity index (χ0) is 23.3. The number of aromatic nitrogens is 2. The minimum Gasteiger partial charge on any atom is -0.383 e. The Morgan fingerprint density at radius 1 is 1.32 bits per heavy atom. The SMILES string of the molecule is COCCN(C(=O)CNc1c(C)cc(C)cc1Cl)c1c(N)n(CC(C)C)c(=O)[nH]c1=O. The lowest BCUT2D eigenvalue weighted by Gasteiger charge is -2.25. The zero-order valence-corrected chi connectivity index (χ0v) is 19.3. The third kappa shape index (κ3) is 5.89. The highest BCUT2D eigenvalue weighted by Crippen LogP contribution is 2.27. The van der Waals surface area contributed by atoms with Gasteiger partial charge in [0.25, 0.3) is 5.56 Å². The summed E-state index contributed by atoms with van der Waals surface area (Å²) in [4.78, 5) is 41.4. The standard InChI is InChI=1S/C21H30ClN5O4/c1-12(2)11-27-19(23)18(20(29)25-21(27)30)26(6-7-31-5)16(28)10-24-17-14(4)8-13(3)9-15(17)22/h8-9,12,24H,6-7,10-11,23H2,1-5H3,(H,25,29,30). The fourth-order valence-electron chi connectivity index (χ4n) is 3.33. The number of nitrogens with zero attached hydrogens (tertiary/aromatic N) is 2. The number of aryl methyl sites for hydroxylation is 2. The van der Waals surface area contributed by atoms with Crippen LogP contribution < -0.4 is 27.2 Å². The van der Waals surface area contributed by atoms with Crippen LogP contribution in [0.1, 0.15) is 25.0 Å². The number of anilines is 3. The van der Waals surface area contributed by atoms with Crippen molar-refractivity contribution < 1.29 is 9.53 Å². The number of hydrogen-bond donors (Lipinski definition) is 3. The number of nitrogens with one attached hydrogen (secondary N) is 2. The van der Waals surface area contributed by atoms with Gasteiger partial charge < -0.3 is 20.7 Å². The van der Waals surface area contributed by atoms with Gasteiger partial charge in [-0.1, -0.05) is 31.5 Å². The molecule has 0 aliphatic heterocycles. The Hall–Kier alpha value is -2.78. The van der Waals surface area contributed by atoms with Crippen LogP contribution in [-0.4, -0.2) is 42.3 Å². The molecule has 1 heterocycles. The Kier molecular flexibility index (Phi) is 8.29. The Morgan fingerprint density at radius 2 is 2.00 bits per heavy atom. The van der Waals surface area contributed by atoms with Crippen molar-refractivity contribution in [2.24, 2.45) is 5.92 Å². The maximum atomic E-state index is 13.1. The molecule has 0 spiro atoms. The average molecular weight is 452 g/mol. The number of halogens is 1. The lowest BCUT2D eigenvalue weighted by molar-refractivity contribution is -0.117. The van der Waals surface area contributed by atoms with E-state index >= 15 is 0 Å². The van der Waals surface area contributed by atoms with Gasteiger partial charge in [0.1, 0.15) is 5.82 Å². The number of amides is 1. The minimum atomic E-state index is -0.725. The van der Waals surface area contributed by atoms with Gasteiger partial charge in [-0.2, -0.15) is 0 Å². The fraction of sp³-hybridized carbons (Fsp3) is 0.476. The van der Waals surface area contributed by atoms with Gasteiger partial charge in [-0.3, -0.25) is 19.1 Å². The molecule has 0 aliphatic rings. The van der Waals surface area contributed by atoms with Crippen molar-refractivity contribution >= 4 is 34.7 Å². The van der Waals surface area contributed by atoms with E-state index < -0.39 is 17.2 Å². The van der Waals surface area contributed by atoms with E-state index in [1.807, 2.05) is 33.8 Å². The number of aromatic amines is 1. The molecule has 170 valence electrons. The van der Waals surface area contributed by atoms with Gasteiger partial charge in [-0.05, 0) is 37.0 Å². The largest absolute Gasteiger partial charge is 0.383 e. The summed E-state index contributed by atoms with van der Waals surface area (Å²) in [6.45, 7) is 8.10. The summed E-state index contributed by atoms with van der Waals surface area (Å²) in [6, 6.07) is 3.75. The highest BCUT2D eigenvalue weighted by molar-refractivity contribution is 6.33. The van der Waals surface area contributed by atoms with Crippen LogP contribution in [-0.2, 0) is 16.1 Å². The van der Waals surface area contributed by atoms with Gasteiger partial charge in [0, 0.05) is 20.2 Å². The Bertz CT molecular complexity index is 1040. The number of ether oxygens (including phenoxy) is 1. The third-order valence-electron chi connectivity index (χ3n) is 4.70. The van der Waals surface area contributed by atoms with Crippen LogP contribution in [0.2, 0.25) is 5.02 Å². The zero-order valence-electron chi connectivity index (χ0n) is 18.5. The first kappa shape index (κ1) is 24.5. The second-order valence-electron chi connectivity index (χ2n) is 7.83. The normalized spacial score (nSPS) is 11.1. The average Bonchev–Trinajstić information content (AvgIpc) is 2.66. The summed E-state index contributed by atoms with van der Waals surface area (Å²) in [5.74, 6) is -0.369. The number of rotatable bonds is 9. The third-order valence-corrected chi connectivity index (χ3v) is 5.00. The number of nitrogens with two attached hydrogens (primary N) is 1. The molecule has 31 heavy (non-hydrogen) atoms. The number of nitrogen functional groups attached to an aromatic ring is 1. The summed E-state index contributed by atoms with van der Waals surface area (Å²) < 4.78 is 6.37. The quantitative estimate of drug-likeness (QED) is 0.536. The van der Waals surface area contributed by atoms with Gasteiger partial charge in [-0.15, -0.1) is 0 Å². The lowest BCUT2D eigenvalue weighted by atomic mass is 10.1. The molecule has 0 saturated heterocycles. The maximum absolute atomic E-state index is 13.1. The molecule has 10 heteroatoms. The predicted octanol–water partition coefficient (Wildman–Crippen LogP) is 2.14. The molecule has 4 N–H and O–H groups in total. The molecule has 0 unspecified atom stereocenters. The molecule has 1 aromatic carbocycles. The topological polar surface area (TPSA) is 122 Å². The molecular formula is C21H30ClN5O4. The van der Waals surface area contributed by atoms with Gasteiger partial charge in [0.2, 0.25) is 5.91 Å². The maximum Gasteiger partial charge on any atom is 0.330 e. The first-order valence-corrected chi connectivity index (χ1v) is 10.4. The van der Waals surface area contributed by atoms with E-state index in [0.717, 1.165) is 11.1 Å². The molecule has 0 saturated carbocycles. The summed E-state index contributed by atoms with van der Waals surface area (Å²) in [5, 5.41) is 3.54. The van der Waals surface area contributed by atoms with Crippen LogP contribution in [0.5, 0.6) is 0 Å². The van der Waals surface area contributed by atoms with Crippen molar-refractivity contribution in [2.45, 2.75) is 34.2 Å². The van der Waals surface area contributed by atoms with Gasteiger partial charge in [0.05, 0.1) is 23.9 Å². The number of methoxy groups -OCH3 is 1. The Labute approximate surface area is 186 Å². The number of hydrogen-bond acceptors (Lipinski definition) is 6. The molecule has 1 aromatic heterocycles. The molecule has 0 fully saturated rings. The highest BCUT2D eigenvalue weighted by atomic mass is 35.5. The first-order valence-electron chi connectivity index (χ1n) is 9.99. The lowest BCUT2D eigenvalue weighted by Crippen LogP contribution is -2.44. The van der Waals surface area contributed by atoms with E-state index in [1.165, 1.54) is 16.6 Å². The van der Waals surface area contributed by atoms with Crippen LogP contribution >= 0.6 is 11.6 Å². The Morgan fingerprint density at radius 3 is 2.58 bits per heavy atom. The summed E-state index contributed by atoms with van der Waals surface area (Å²) in [5.41, 5.74) is 7.31. The van der Waals surface area contributed by atoms with E-state index in [9.17, 15) is 14.4 Å². The van der Waals surface area contributed by atoms with Crippen molar-refractivity contribution in [3.63, 3.8) is 0 Å². The number of H-pyrrole nitrogens is 1. The number of carbonyl (C=O) groups excluding carboxylic acids is 1. The molecule has 0 bridgehead atoms. The monoisotopic (exact) mass is 451 g/mol. The minimum absolute atomic E-state index is 0.0588. The van der Waals surface area contributed by atoms with Crippen molar-refractivity contribution in [1.29, 1.82) is 0 Å². The van der Waals surface area contributed by atoms with Crippen molar-refractivity contribution in [3.8, 4) is 0 Å².